The number of hydrogen-bond acceptors (Lipinski definition) is 6. The normalized spacial score (nSPS) is 13.0. The van der Waals surface area contributed by atoms with Crippen LogP contribution in [-0.2, 0) is 28.6 Å². The number of rotatable bonds is 61. The lowest BCUT2D eigenvalue weighted by Gasteiger charge is -2.18. The minimum Gasteiger partial charge on any atom is -0.462 e. The Kier molecular flexibility index (Phi) is 65.8. The molecule has 0 aromatic carbocycles. The van der Waals surface area contributed by atoms with Crippen molar-refractivity contribution in [3.63, 3.8) is 0 Å². The third kappa shape index (κ3) is 68.0. The SMILES string of the molecule is CC/C=C\C/C=C\C/C=C\C/C=C\C/C=C\C/C=C\C/C=C\C/C=C\CCCCCCC(=O)OCC(COC(=O)CCCCCCCCCCCCCCC)OC(=O)CCCCCCCCCCCC/C=C\C/C=C\C/C=C\C/C=C\CC. The third-order valence-electron chi connectivity index (χ3n) is 14.3. The molecule has 1 unspecified atom stereocenters. The molecule has 0 fully saturated rings. The summed E-state index contributed by atoms with van der Waals surface area (Å²) in [4.78, 5) is 38.4. The van der Waals surface area contributed by atoms with Crippen molar-refractivity contribution in [2.24, 2.45) is 0 Å². The molecule has 0 aromatic rings. The molecule has 6 nitrogen and oxygen atoms in total. The van der Waals surface area contributed by atoms with Gasteiger partial charge in [0.1, 0.15) is 13.2 Å². The van der Waals surface area contributed by atoms with E-state index in [1.165, 1.54) is 116 Å². The van der Waals surface area contributed by atoms with Crippen molar-refractivity contribution in [2.75, 3.05) is 13.2 Å². The summed E-state index contributed by atoms with van der Waals surface area (Å²) in [5.74, 6) is -0.915. The van der Waals surface area contributed by atoms with E-state index in [-0.39, 0.29) is 31.1 Å². The standard InChI is InChI=1S/C77H126O6/c1-4-7-10-13-16-19-22-25-27-29-31-33-35-36-37-38-39-40-42-43-45-47-49-52-55-58-61-64-67-70-76(79)82-73-74(72-81-75(78)69-66-63-60-57-54-51-24-21-18-15-12-9-6-3)83-77(80)71-68-65-62-59-56-53-50-48-46-44-41-34-32-30-28-26-23-20-17-14-11-8-5-2/h7-8,10-11,16-17,19-20,25-28,31-34,36-37,39-40,43,45,49,52,74H,4-6,9,12-15,18,21-24,29-30,35,38,41-42,44,46-48,50-51,53-73H2,1-3H3/b10-7-,11-8-,19-16-,20-17-,27-25-,28-26-,33-31-,34-32-,37-36-,40-39-,45-43-,52-49-. The lowest BCUT2D eigenvalue weighted by Crippen LogP contribution is -2.30. The van der Waals surface area contributed by atoms with Crippen LogP contribution in [0.5, 0.6) is 0 Å². The second kappa shape index (κ2) is 69.8. The van der Waals surface area contributed by atoms with E-state index in [2.05, 4.69) is 167 Å². The van der Waals surface area contributed by atoms with Crippen LogP contribution in [0.2, 0.25) is 0 Å². The molecule has 0 radical (unpaired) electrons. The van der Waals surface area contributed by atoms with E-state index in [0.29, 0.717) is 19.3 Å². The average Bonchev–Trinajstić information content (AvgIpc) is 3.49. The minimum atomic E-state index is -0.797. The Labute approximate surface area is 512 Å². The highest BCUT2D eigenvalue weighted by Crippen LogP contribution is 2.16. The molecule has 0 bridgehead atoms. The van der Waals surface area contributed by atoms with Crippen molar-refractivity contribution < 1.29 is 28.6 Å². The molecule has 0 N–H and O–H groups in total. The van der Waals surface area contributed by atoms with Gasteiger partial charge >= 0.3 is 17.9 Å². The van der Waals surface area contributed by atoms with Crippen LogP contribution in [0.4, 0.5) is 0 Å². The van der Waals surface area contributed by atoms with Gasteiger partial charge in [0.15, 0.2) is 6.10 Å². The van der Waals surface area contributed by atoms with Crippen molar-refractivity contribution in [1.29, 1.82) is 0 Å². The van der Waals surface area contributed by atoms with E-state index in [4.69, 9.17) is 14.2 Å². The highest BCUT2D eigenvalue weighted by atomic mass is 16.6. The van der Waals surface area contributed by atoms with E-state index in [1.54, 1.807) is 0 Å². The largest absolute Gasteiger partial charge is 0.462 e. The maximum absolute atomic E-state index is 12.9. The maximum Gasteiger partial charge on any atom is 0.306 e. The van der Waals surface area contributed by atoms with Gasteiger partial charge in [-0.3, -0.25) is 14.4 Å². The second-order valence-corrected chi connectivity index (χ2v) is 22.3. The van der Waals surface area contributed by atoms with Crippen LogP contribution in [-0.4, -0.2) is 37.2 Å². The molecule has 0 amide bonds. The summed E-state index contributed by atoms with van der Waals surface area (Å²) >= 11 is 0. The number of ether oxygens (including phenoxy) is 3. The molecule has 0 heterocycles. The predicted molar refractivity (Wildman–Crippen MR) is 362 cm³/mol. The van der Waals surface area contributed by atoms with E-state index in [1.807, 2.05) is 0 Å². The zero-order valence-corrected chi connectivity index (χ0v) is 53.9. The lowest BCUT2D eigenvalue weighted by atomic mass is 10.0. The summed E-state index contributed by atoms with van der Waals surface area (Å²) in [6, 6.07) is 0. The number of allylic oxidation sites excluding steroid dienone is 24. The van der Waals surface area contributed by atoms with Crippen molar-refractivity contribution in [3.05, 3.63) is 146 Å². The van der Waals surface area contributed by atoms with E-state index < -0.39 is 6.10 Å². The first kappa shape index (κ1) is 78.3. The Morgan fingerprint density at radius 2 is 0.470 bits per heavy atom. The van der Waals surface area contributed by atoms with Crippen LogP contribution >= 0.6 is 0 Å². The van der Waals surface area contributed by atoms with Gasteiger partial charge in [-0.15, -0.1) is 0 Å². The van der Waals surface area contributed by atoms with E-state index in [9.17, 15) is 14.4 Å². The number of esters is 3. The van der Waals surface area contributed by atoms with Gasteiger partial charge in [0.05, 0.1) is 0 Å². The van der Waals surface area contributed by atoms with Crippen LogP contribution in [0.1, 0.15) is 303 Å². The first-order valence-electron chi connectivity index (χ1n) is 34.3. The summed E-state index contributed by atoms with van der Waals surface area (Å²) in [6.07, 6.45) is 100.0. The molecule has 6 heteroatoms. The number of unbranched alkanes of at least 4 members (excludes halogenated alkanes) is 26. The van der Waals surface area contributed by atoms with Crippen molar-refractivity contribution in [3.8, 4) is 0 Å². The molecule has 0 rings (SSSR count). The number of carbonyl (C=O) groups is 3. The van der Waals surface area contributed by atoms with Crippen LogP contribution in [0.3, 0.4) is 0 Å². The molecule has 470 valence electrons. The van der Waals surface area contributed by atoms with Gasteiger partial charge in [-0.1, -0.05) is 308 Å². The monoisotopic (exact) mass is 1150 g/mol. The number of carbonyl (C=O) groups excluding carboxylic acids is 3. The Bertz CT molecular complexity index is 1800. The molecule has 1 atom stereocenters. The fourth-order valence-electron chi connectivity index (χ4n) is 9.27. The Morgan fingerprint density at radius 3 is 0.735 bits per heavy atom. The fourth-order valence-corrected chi connectivity index (χ4v) is 9.27. The zero-order valence-electron chi connectivity index (χ0n) is 53.9. The van der Waals surface area contributed by atoms with Gasteiger partial charge in [-0.25, -0.2) is 0 Å². The van der Waals surface area contributed by atoms with Crippen molar-refractivity contribution in [1.82, 2.24) is 0 Å². The summed E-state index contributed by atoms with van der Waals surface area (Å²) in [5, 5.41) is 0. The van der Waals surface area contributed by atoms with Gasteiger partial charge in [0.25, 0.3) is 0 Å². The van der Waals surface area contributed by atoms with Crippen molar-refractivity contribution >= 4 is 17.9 Å². The lowest BCUT2D eigenvalue weighted by molar-refractivity contribution is -0.167. The Balaban J connectivity index is 4.39. The smallest absolute Gasteiger partial charge is 0.306 e. The summed E-state index contributed by atoms with van der Waals surface area (Å²) in [7, 11) is 0. The molecule has 0 aliphatic carbocycles. The molecule has 0 aliphatic heterocycles. The van der Waals surface area contributed by atoms with E-state index >= 15 is 0 Å². The molecule has 0 aromatic heterocycles. The first-order chi connectivity index (χ1) is 41.0. The zero-order chi connectivity index (χ0) is 59.9. The first-order valence-corrected chi connectivity index (χ1v) is 34.3. The molecular weight excluding hydrogens is 1020 g/mol. The van der Waals surface area contributed by atoms with Crippen molar-refractivity contribution in [2.45, 2.75) is 309 Å². The topological polar surface area (TPSA) is 78.9 Å². The molecule has 0 spiro atoms. The van der Waals surface area contributed by atoms with Gasteiger partial charge in [0, 0.05) is 19.3 Å². The van der Waals surface area contributed by atoms with Gasteiger partial charge in [-0.2, -0.15) is 0 Å². The predicted octanol–water partition coefficient (Wildman–Crippen LogP) is 23.9. The summed E-state index contributed by atoms with van der Waals surface area (Å²) in [5.41, 5.74) is 0. The maximum atomic E-state index is 12.9. The van der Waals surface area contributed by atoms with Crippen LogP contribution < -0.4 is 0 Å². The van der Waals surface area contributed by atoms with E-state index in [0.717, 1.165) is 148 Å². The second-order valence-electron chi connectivity index (χ2n) is 22.3. The van der Waals surface area contributed by atoms with Gasteiger partial charge in [0.2, 0.25) is 0 Å². The quantitative estimate of drug-likeness (QED) is 0.0261. The van der Waals surface area contributed by atoms with Crippen LogP contribution in [0.25, 0.3) is 0 Å². The summed E-state index contributed by atoms with van der Waals surface area (Å²) < 4.78 is 16.9. The summed E-state index contributed by atoms with van der Waals surface area (Å²) in [6.45, 7) is 6.41. The molecule has 0 aliphatic rings. The highest BCUT2D eigenvalue weighted by molar-refractivity contribution is 5.71. The van der Waals surface area contributed by atoms with Crippen LogP contribution in [0.15, 0.2) is 146 Å². The third-order valence-corrected chi connectivity index (χ3v) is 14.3. The Morgan fingerprint density at radius 1 is 0.253 bits per heavy atom. The molecule has 0 saturated carbocycles. The minimum absolute atomic E-state index is 0.0898. The average molecular weight is 1150 g/mol. The van der Waals surface area contributed by atoms with Gasteiger partial charge < -0.3 is 14.2 Å². The number of hydrogen-bond donors (Lipinski definition) is 0. The molecule has 0 saturated heterocycles. The highest BCUT2D eigenvalue weighted by Gasteiger charge is 2.19. The Hall–Kier alpha value is -4.71. The fraction of sp³-hybridized carbons (Fsp3) is 0.649. The van der Waals surface area contributed by atoms with Crippen LogP contribution in [0, 0.1) is 0 Å². The molecule has 83 heavy (non-hydrogen) atoms. The molecular formula is C77H126O6. The van der Waals surface area contributed by atoms with Gasteiger partial charge in [-0.05, 0) is 122 Å².